The lowest BCUT2D eigenvalue weighted by atomic mass is 10.1. The first kappa shape index (κ1) is 25.6. The maximum absolute atomic E-state index is 13.8. The SMILES string of the molecule is CC(C)NC(=O)Cn1c(-c2ccc(F)c(Cl)c2)nn(-c2ccc(CCN3C4CCC3COC4)cc2)c1=O. The first-order valence-corrected chi connectivity index (χ1v) is 13.1. The summed E-state index contributed by atoms with van der Waals surface area (Å²) in [7, 11) is 0. The molecule has 2 fully saturated rings. The summed E-state index contributed by atoms with van der Waals surface area (Å²) in [4.78, 5) is 28.5. The van der Waals surface area contributed by atoms with Gasteiger partial charge in [-0.05, 0) is 69.0 Å². The molecule has 2 aliphatic heterocycles. The minimum atomic E-state index is -0.572. The summed E-state index contributed by atoms with van der Waals surface area (Å²) in [5, 5.41) is 7.22. The van der Waals surface area contributed by atoms with Crippen molar-refractivity contribution in [3.8, 4) is 17.1 Å². The molecule has 8 nitrogen and oxygen atoms in total. The van der Waals surface area contributed by atoms with Crippen LogP contribution in [-0.2, 0) is 22.5 Å². The van der Waals surface area contributed by atoms with Gasteiger partial charge in [0.25, 0.3) is 0 Å². The Hall–Kier alpha value is -3.01. The van der Waals surface area contributed by atoms with E-state index in [2.05, 4.69) is 15.3 Å². The zero-order valence-corrected chi connectivity index (χ0v) is 21.7. The Balaban J connectivity index is 1.40. The normalized spacial score (nSPS) is 19.5. The van der Waals surface area contributed by atoms with E-state index in [1.54, 1.807) is 0 Å². The van der Waals surface area contributed by atoms with E-state index in [1.165, 1.54) is 45.9 Å². The van der Waals surface area contributed by atoms with Crippen molar-refractivity contribution in [3.05, 3.63) is 69.4 Å². The highest BCUT2D eigenvalue weighted by Gasteiger charge is 2.36. The Labute approximate surface area is 220 Å². The van der Waals surface area contributed by atoms with Gasteiger partial charge in [-0.2, -0.15) is 4.68 Å². The van der Waals surface area contributed by atoms with Crippen LogP contribution in [0.5, 0.6) is 0 Å². The minimum Gasteiger partial charge on any atom is -0.378 e. The molecule has 0 spiro atoms. The van der Waals surface area contributed by atoms with Crippen molar-refractivity contribution in [2.24, 2.45) is 0 Å². The van der Waals surface area contributed by atoms with Gasteiger partial charge in [-0.3, -0.25) is 14.3 Å². The molecule has 10 heteroatoms. The molecule has 0 saturated carbocycles. The molecule has 3 heterocycles. The second-order valence-electron chi connectivity index (χ2n) is 10.0. The number of morpholine rings is 1. The third-order valence-electron chi connectivity index (χ3n) is 7.02. The van der Waals surface area contributed by atoms with E-state index in [-0.39, 0.29) is 29.3 Å². The van der Waals surface area contributed by atoms with E-state index in [0.29, 0.717) is 23.3 Å². The minimum absolute atomic E-state index is 0.0813. The van der Waals surface area contributed by atoms with Crippen LogP contribution >= 0.6 is 11.6 Å². The summed E-state index contributed by atoms with van der Waals surface area (Å²) in [5.74, 6) is -0.659. The molecule has 2 aliphatic rings. The zero-order chi connectivity index (χ0) is 26.1. The summed E-state index contributed by atoms with van der Waals surface area (Å²) in [5.41, 5.74) is 1.73. The monoisotopic (exact) mass is 527 g/mol. The van der Waals surface area contributed by atoms with Gasteiger partial charge in [-0.15, -0.1) is 5.10 Å². The average molecular weight is 528 g/mol. The van der Waals surface area contributed by atoms with Crippen LogP contribution in [0.3, 0.4) is 0 Å². The fourth-order valence-electron chi connectivity index (χ4n) is 5.21. The van der Waals surface area contributed by atoms with Crippen molar-refractivity contribution in [2.75, 3.05) is 19.8 Å². The lowest BCUT2D eigenvalue weighted by Gasteiger charge is -2.34. The molecule has 37 heavy (non-hydrogen) atoms. The Bertz CT molecular complexity index is 1320. The lowest BCUT2D eigenvalue weighted by Crippen LogP contribution is -2.46. The summed E-state index contributed by atoms with van der Waals surface area (Å²) in [6.07, 6.45) is 3.31. The van der Waals surface area contributed by atoms with E-state index in [1.807, 2.05) is 38.1 Å². The van der Waals surface area contributed by atoms with E-state index < -0.39 is 11.5 Å². The van der Waals surface area contributed by atoms with Gasteiger partial charge in [0, 0.05) is 30.2 Å². The van der Waals surface area contributed by atoms with Gasteiger partial charge in [-0.25, -0.2) is 9.18 Å². The van der Waals surface area contributed by atoms with E-state index in [9.17, 15) is 14.0 Å². The van der Waals surface area contributed by atoms with E-state index in [0.717, 1.165) is 26.2 Å². The topological polar surface area (TPSA) is 81.4 Å². The third kappa shape index (κ3) is 5.49. The Morgan fingerprint density at radius 1 is 1.16 bits per heavy atom. The van der Waals surface area contributed by atoms with Gasteiger partial charge in [0.2, 0.25) is 5.91 Å². The van der Waals surface area contributed by atoms with Gasteiger partial charge in [-0.1, -0.05) is 23.7 Å². The maximum atomic E-state index is 13.8. The maximum Gasteiger partial charge on any atom is 0.351 e. The Morgan fingerprint density at radius 3 is 2.51 bits per heavy atom. The molecule has 1 amide bonds. The van der Waals surface area contributed by atoms with Crippen LogP contribution in [0.2, 0.25) is 5.02 Å². The van der Waals surface area contributed by atoms with E-state index >= 15 is 0 Å². The van der Waals surface area contributed by atoms with Gasteiger partial charge in [0.05, 0.1) is 23.9 Å². The van der Waals surface area contributed by atoms with Crippen LogP contribution < -0.4 is 11.0 Å². The van der Waals surface area contributed by atoms with Crippen molar-refractivity contribution in [2.45, 2.75) is 57.8 Å². The van der Waals surface area contributed by atoms with E-state index in [4.69, 9.17) is 16.3 Å². The Morgan fingerprint density at radius 2 is 1.86 bits per heavy atom. The lowest BCUT2D eigenvalue weighted by molar-refractivity contribution is -0.122. The van der Waals surface area contributed by atoms with Crippen LogP contribution in [0.25, 0.3) is 17.1 Å². The number of nitrogens with one attached hydrogen (secondary N) is 1. The molecule has 5 rings (SSSR count). The molecule has 2 bridgehead atoms. The standard InChI is InChI=1S/C27H31ClFN5O3/c1-17(2)30-25(35)14-33-26(19-5-10-24(29)23(28)13-19)31-34(27(33)36)20-6-3-18(4-7-20)11-12-32-21-8-9-22(32)16-37-15-21/h3-7,10,13,17,21-22H,8-9,11-12,14-16H2,1-2H3,(H,30,35). The third-order valence-corrected chi connectivity index (χ3v) is 7.31. The second-order valence-corrected chi connectivity index (χ2v) is 10.4. The van der Waals surface area contributed by atoms with Crippen LogP contribution in [0, 0.1) is 5.82 Å². The fourth-order valence-corrected chi connectivity index (χ4v) is 5.39. The summed E-state index contributed by atoms with van der Waals surface area (Å²) < 4.78 is 22.0. The number of aromatic nitrogens is 3. The number of amides is 1. The van der Waals surface area contributed by atoms with Gasteiger partial charge >= 0.3 is 5.69 Å². The summed E-state index contributed by atoms with van der Waals surface area (Å²) in [6, 6.07) is 12.8. The molecule has 1 N–H and O–H groups in total. The first-order valence-electron chi connectivity index (χ1n) is 12.7. The van der Waals surface area contributed by atoms with Crippen molar-refractivity contribution < 1.29 is 13.9 Å². The number of nitrogens with zero attached hydrogens (tertiary/aromatic N) is 4. The Kier molecular flexibility index (Phi) is 7.46. The number of rotatable bonds is 8. The zero-order valence-electron chi connectivity index (χ0n) is 21.0. The molecule has 2 atom stereocenters. The van der Waals surface area contributed by atoms with Crippen molar-refractivity contribution in [1.82, 2.24) is 24.6 Å². The second kappa shape index (κ2) is 10.8. The van der Waals surface area contributed by atoms with Crippen LogP contribution in [0.4, 0.5) is 4.39 Å². The van der Waals surface area contributed by atoms with Gasteiger partial charge in [0.15, 0.2) is 5.82 Å². The molecule has 2 saturated heterocycles. The molecule has 0 aliphatic carbocycles. The number of hydrogen-bond donors (Lipinski definition) is 1. The predicted octanol–water partition coefficient (Wildman–Crippen LogP) is 3.42. The molecule has 2 aromatic carbocycles. The number of carbonyl (C=O) groups is 1. The van der Waals surface area contributed by atoms with Crippen molar-refractivity contribution in [1.29, 1.82) is 0 Å². The van der Waals surface area contributed by atoms with Crippen LogP contribution in [0.15, 0.2) is 47.3 Å². The number of hydrogen-bond acceptors (Lipinski definition) is 5. The van der Waals surface area contributed by atoms with Crippen LogP contribution in [0.1, 0.15) is 32.3 Å². The van der Waals surface area contributed by atoms with Crippen molar-refractivity contribution >= 4 is 17.5 Å². The molecule has 196 valence electrons. The van der Waals surface area contributed by atoms with Gasteiger partial charge < -0.3 is 10.1 Å². The number of halogens is 2. The van der Waals surface area contributed by atoms with Crippen molar-refractivity contribution in [3.63, 3.8) is 0 Å². The molecule has 1 aromatic heterocycles. The predicted molar refractivity (Wildman–Crippen MR) is 140 cm³/mol. The quantitative estimate of drug-likeness (QED) is 0.485. The highest BCUT2D eigenvalue weighted by molar-refractivity contribution is 6.31. The molecular formula is C27H31ClFN5O3. The smallest absolute Gasteiger partial charge is 0.351 e. The average Bonchev–Trinajstić information content (AvgIpc) is 3.29. The summed E-state index contributed by atoms with van der Waals surface area (Å²) >= 11 is 5.99. The largest absolute Gasteiger partial charge is 0.378 e. The van der Waals surface area contributed by atoms with Crippen LogP contribution in [-0.4, -0.2) is 63.0 Å². The number of fused-ring (bicyclic) bond motifs is 2. The molecule has 2 unspecified atom stereocenters. The number of benzene rings is 2. The first-order chi connectivity index (χ1) is 17.8. The fraction of sp³-hybridized carbons (Fsp3) is 0.444. The summed E-state index contributed by atoms with van der Waals surface area (Å²) in [6.45, 7) is 6.08. The highest BCUT2D eigenvalue weighted by Crippen LogP contribution is 2.29. The molecule has 0 radical (unpaired) electrons. The number of ether oxygens (including phenoxy) is 1. The molecular weight excluding hydrogens is 497 g/mol. The number of carbonyl (C=O) groups excluding carboxylic acids is 1. The highest BCUT2D eigenvalue weighted by atomic mass is 35.5. The van der Waals surface area contributed by atoms with Gasteiger partial charge in [0.1, 0.15) is 12.4 Å². The molecule has 3 aromatic rings.